The Morgan fingerprint density at radius 3 is 2.94 bits per heavy atom. The van der Waals surface area contributed by atoms with E-state index in [1.54, 1.807) is 0 Å². The summed E-state index contributed by atoms with van der Waals surface area (Å²) in [5.41, 5.74) is 0.945. The van der Waals surface area contributed by atoms with Crippen LogP contribution in [0, 0.1) is 5.92 Å². The zero-order valence-electron chi connectivity index (χ0n) is 9.49. The van der Waals surface area contributed by atoms with Gasteiger partial charge in [0.15, 0.2) is 0 Å². The Morgan fingerprint density at radius 1 is 1.35 bits per heavy atom. The molecule has 1 nitrogen and oxygen atoms in total. The van der Waals surface area contributed by atoms with E-state index in [0.717, 1.165) is 21.7 Å². The molecule has 1 unspecified atom stereocenters. The number of hydrogen-bond acceptors (Lipinski definition) is 2. The maximum Gasteiger partial charge on any atom is 0.0728 e. The molecule has 0 aliphatic heterocycles. The average molecular weight is 286 g/mol. The van der Waals surface area contributed by atoms with Gasteiger partial charge in [0.05, 0.1) is 5.52 Å². The summed E-state index contributed by atoms with van der Waals surface area (Å²) in [7, 11) is 0. The summed E-state index contributed by atoms with van der Waals surface area (Å²) in [6.07, 6.45) is 1.83. The van der Waals surface area contributed by atoms with Gasteiger partial charge in [0.1, 0.15) is 0 Å². The standard InChI is InChI=1S/C13H13Cl2NS/c1-9(7-14)8-17-13-4-5-16-12-6-10(15)2-3-11(12)13/h2-6,9H,7-8H2,1H3. The molecule has 17 heavy (non-hydrogen) atoms. The Kier molecular flexibility index (Phi) is 4.55. The van der Waals surface area contributed by atoms with Crippen LogP contribution >= 0.6 is 35.0 Å². The minimum Gasteiger partial charge on any atom is -0.256 e. The molecule has 2 rings (SSSR count). The van der Waals surface area contributed by atoms with E-state index in [4.69, 9.17) is 23.2 Å². The number of pyridine rings is 1. The summed E-state index contributed by atoms with van der Waals surface area (Å²) in [6, 6.07) is 7.87. The molecule has 0 fully saturated rings. The highest BCUT2D eigenvalue weighted by Crippen LogP contribution is 2.29. The number of rotatable bonds is 4. The summed E-state index contributed by atoms with van der Waals surface area (Å²) < 4.78 is 0. The van der Waals surface area contributed by atoms with E-state index in [9.17, 15) is 0 Å². The van der Waals surface area contributed by atoms with Gasteiger partial charge < -0.3 is 0 Å². The number of nitrogens with zero attached hydrogens (tertiary/aromatic N) is 1. The number of thioether (sulfide) groups is 1. The van der Waals surface area contributed by atoms with Gasteiger partial charge in [-0.05, 0) is 24.1 Å². The van der Waals surface area contributed by atoms with Crippen LogP contribution in [0.3, 0.4) is 0 Å². The Labute approximate surface area is 116 Å². The molecule has 0 bridgehead atoms. The van der Waals surface area contributed by atoms with Crippen LogP contribution in [-0.2, 0) is 0 Å². The smallest absolute Gasteiger partial charge is 0.0728 e. The molecule has 0 saturated carbocycles. The molecule has 0 N–H and O–H groups in total. The molecule has 2 aromatic rings. The van der Waals surface area contributed by atoms with Gasteiger partial charge in [-0.3, -0.25) is 4.98 Å². The molecule has 0 amide bonds. The molecule has 1 atom stereocenters. The van der Waals surface area contributed by atoms with Crippen molar-refractivity contribution in [3.8, 4) is 0 Å². The van der Waals surface area contributed by atoms with Crippen LogP contribution in [0.5, 0.6) is 0 Å². The van der Waals surface area contributed by atoms with E-state index in [1.165, 1.54) is 4.90 Å². The molecule has 0 spiro atoms. The minimum absolute atomic E-state index is 0.511. The van der Waals surface area contributed by atoms with Crippen molar-refractivity contribution in [2.24, 2.45) is 5.92 Å². The lowest BCUT2D eigenvalue weighted by atomic mass is 10.2. The summed E-state index contributed by atoms with van der Waals surface area (Å²) in [6.45, 7) is 2.15. The van der Waals surface area contributed by atoms with Gasteiger partial charge in [-0.15, -0.1) is 23.4 Å². The van der Waals surface area contributed by atoms with Crippen molar-refractivity contribution in [2.75, 3.05) is 11.6 Å². The number of fused-ring (bicyclic) bond motifs is 1. The van der Waals surface area contributed by atoms with Crippen molar-refractivity contribution >= 4 is 45.9 Å². The number of hydrogen-bond donors (Lipinski definition) is 0. The fourth-order valence-corrected chi connectivity index (χ4v) is 2.97. The summed E-state index contributed by atoms with van der Waals surface area (Å²) in [5.74, 6) is 2.23. The number of halogens is 2. The Hall–Kier alpha value is -0.440. The van der Waals surface area contributed by atoms with Gasteiger partial charge in [0.25, 0.3) is 0 Å². The second-order valence-electron chi connectivity index (χ2n) is 4.04. The van der Waals surface area contributed by atoms with Gasteiger partial charge in [-0.1, -0.05) is 24.6 Å². The van der Waals surface area contributed by atoms with Crippen LogP contribution in [-0.4, -0.2) is 16.6 Å². The lowest BCUT2D eigenvalue weighted by molar-refractivity contribution is 0.759. The third kappa shape index (κ3) is 3.27. The maximum absolute atomic E-state index is 5.96. The van der Waals surface area contributed by atoms with Gasteiger partial charge in [0.2, 0.25) is 0 Å². The van der Waals surface area contributed by atoms with Gasteiger partial charge in [-0.2, -0.15) is 0 Å². The van der Waals surface area contributed by atoms with E-state index < -0.39 is 0 Å². The van der Waals surface area contributed by atoms with E-state index in [0.29, 0.717) is 11.8 Å². The summed E-state index contributed by atoms with van der Waals surface area (Å²) in [4.78, 5) is 5.57. The second-order valence-corrected chi connectivity index (χ2v) is 5.85. The van der Waals surface area contributed by atoms with Crippen LogP contribution in [0.2, 0.25) is 5.02 Å². The van der Waals surface area contributed by atoms with Crippen LogP contribution in [0.25, 0.3) is 10.9 Å². The van der Waals surface area contributed by atoms with Gasteiger partial charge >= 0.3 is 0 Å². The van der Waals surface area contributed by atoms with Crippen molar-refractivity contribution in [3.05, 3.63) is 35.5 Å². The highest BCUT2D eigenvalue weighted by atomic mass is 35.5. The highest BCUT2D eigenvalue weighted by molar-refractivity contribution is 7.99. The lowest BCUT2D eigenvalue weighted by Crippen LogP contribution is -1.99. The first kappa shape index (κ1) is 13.0. The Balaban J connectivity index is 2.28. The molecule has 0 aliphatic rings. The Morgan fingerprint density at radius 2 is 2.18 bits per heavy atom. The molecular weight excluding hydrogens is 273 g/mol. The lowest BCUT2D eigenvalue weighted by Gasteiger charge is -2.09. The number of aromatic nitrogens is 1. The second kappa shape index (κ2) is 5.94. The van der Waals surface area contributed by atoms with Crippen LogP contribution in [0.1, 0.15) is 6.92 Å². The molecule has 1 aromatic heterocycles. The topological polar surface area (TPSA) is 12.9 Å². The maximum atomic E-state index is 5.96. The van der Waals surface area contributed by atoms with Crippen molar-refractivity contribution in [2.45, 2.75) is 11.8 Å². The summed E-state index contributed by atoms with van der Waals surface area (Å²) >= 11 is 13.6. The van der Waals surface area contributed by atoms with Crippen LogP contribution in [0.15, 0.2) is 35.4 Å². The zero-order valence-corrected chi connectivity index (χ0v) is 11.8. The normalized spacial score (nSPS) is 12.9. The van der Waals surface area contributed by atoms with Crippen LogP contribution in [0.4, 0.5) is 0 Å². The van der Waals surface area contributed by atoms with E-state index in [2.05, 4.69) is 11.9 Å². The third-order valence-corrected chi connectivity index (χ3v) is 4.62. The molecule has 0 aliphatic carbocycles. The quantitative estimate of drug-likeness (QED) is 0.588. The monoisotopic (exact) mass is 285 g/mol. The van der Waals surface area contributed by atoms with Crippen molar-refractivity contribution in [3.63, 3.8) is 0 Å². The zero-order chi connectivity index (χ0) is 12.3. The fraction of sp³-hybridized carbons (Fsp3) is 0.308. The molecular formula is C13H13Cl2NS. The van der Waals surface area contributed by atoms with Crippen molar-refractivity contribution in [1.82, 2.24) is 4.98 Å². The fourth-order valence-electron chi connectivity index (χ4n) is 1.50. The predicted octanol–water partition coefficient (Wildman–Crippen LogP) is 4.86. The highest BCUT2D eigenvalue weighted by Gasteiger charge is 2.06. The van der Waals surface area contributed by atoms with Gasteiger partial charge in [-0.25, -0.2) is 0 Å². The first-order valence-electron chi connectivity index (χ1n) is 5.43. The third-order valence-electron chi connectivity index (χ3n) is 2.45. The Bertz CT molecular complexity index is 516. The van der Waals surface area contributed by atoms with E-state index >= 15 is 0 Å². The molecule has 1 heterocycles. The molecule has 0 radical (unpaired) electrons. The SMILES string of the molecule is CC(CCl)CSc1ccnc2cc(Cl)ccc12. The largest absolute Gasteiger partial charge is 0.256 e. The molecule has 90 valence electrons. The minimum atomic E-state index is 0.511. The van der Waals surface area contributed by atoms with Crippen molar-refractivity contribution < 1.29 is 0 Å². The van der Waals surface area contributed by atoms with Crippen LogP contribution < -0.4 is 0 Å². The molecule has 4 heteroatoms. The number of alkyl halides is 1. The first-order chi connectivity index (χ1) is 8.20. The van der Waals surface area contributed by atoms with E-state index in [1.807, 2.05) is 42.2 Å². The van der Waals surface area contributed by atoms with Gasteiger partial charge in [0, 0.05) is 33.1 Å². The molecule has 1 aromatic carbocycles. The first-order valence-corrected chi connectivity index (χ1v) is 7.33. The van der Waals surface area contributed by atoms with Crippen molar-refractivity contribution in [1.29, 1.82) is 0 Å². The molecule has 0 saturated heterocycles. The summed E-state index contributed by atoms with van der Waals surface area (Å²) in [5, 5.41) is 1.88. The predicted molar refractivity (Wildman–Crippen MR) is 77.4 cm³/mol. The number of benzene rings is 1. The van der Waals surface area contributed by atoms with E-state index in [-0.39, 0.29) is 0 Å². The average Bonchev–Trinajstić information content (AvgIpc) is 2.35.